The lowest BCUT2D eigenvalue weighted by molar-refractivity contribution is -0.115. The van der Waals surface area contributed by atoms with Crippen LogP contribution in [0.2, 0.25) is 0 Å². The Balaban J connectivity index is 1.40. The second-order valence-electron chi connectivity index (χ2n) is 6.14. The zero-order valence-corrected chi connectivity index (χ0v) is 18.1. The van der Waals surface area contributed by atoms with Crippen molar-refractivity contribution < 1.29 is 17.9 Å². The van der Waals surface area contributed by atoms with Gasteiger partial charge in [-0.3, -0.25) is 9.52 Å². The molecular weight excluding hydrogens is 444 g/mol. The van der Waals surface area contributed by atoms with Crippen molar-refractivity contribution in [1.82, 2.24) is 9.97 Å². The quantitative estimate of drug-likeness (QED) is 0.435. The van der Waals surface area contributed by atoms with Crippen molar-refractivity contribution in [3.8, 4) is 5.75 Å². The summed E-state index contributed by atoms with van der Waals surface area (Å²) < 4.78 is 33.4. The summed E-state index contributed by atoms with van der Waals surface area (Å²) in [5.41, 5.74) is 1.28. The Morgan fingerprint density at radius 2 is 1.83 bits per heavy atom. The molecule has 8 nitrogen and oxygen atoms in total. The molecule has 0 saturated heterocycles. The van der Waals surface area contributed by atoms with Gasteiger partial charge >= 0.3 is 0 Å². The maximum atomic E-state index is 12.5. The molecule has 0 atom stereocenters. The number of benzene rings is 2. The van der Waals surface area contributed by atoms with E-state index in [1.165, 1.54) is 30.6 Å². The summed E-state index contributed by atoms with van der Waals surface area (Å²) in [5, 5.41) is 5.10. The highest BCUT2D eigenvalue weighted by molar-refractivity contribution is 7.93. The summed E-state index contributed by atoms with van der Waals surface area (Å²) in [5.74, 6) is 0.286. The number of fused-ring (bicyclic) bond motifs is 1. The van der Waals surface area contributed by atoms with E-state index in [0.717, 1.165) is 21.6 Å². The van der Waals surface area contributed by atoms with Crippen LogP contribution >= 0.6 is 22.7 Å². The first-order chi connectivity index (χ1) is 14.4. The van der Waals surface area contributed by atoms with E-state index in [1.54, 1.807) is 17.5 Å². The zero-order chi connectivity index (χ0) is 21.1. The van der Waals surface area contributed by atoms with Crippen LogP contribution in [0.15, 0.2) is 58.8 Å². The van der Waals surface area contributed by atoms with Gasteiger partial charge in [0, 0.05) is 5.38 Å². The van der Waals surface area contributed by atoms with Gasteiger partial charge in [-0.25, -0.2) is 18.4 Å². The third-order valence-corrected chi connectivity index (χ3v) is 7.27. The molecular formula is C19H16N4O4S3. The van der Waals surface area contributed by atoms with Crippen LogP contribution in [0.25, 0.3) is 10.2 Å². The van der Waals surface area contributed by atoms with E-state index in [1.807, 2.05) is 24.3 Å². The number of rotatable bonds is 7. The average Bonchev–Trinajstić information content (AvgIpc) is 3.33. The normalized spacial score (nSPS) is 11.4. The Kier molecular flexibility index (Phi) is 5.66. The van der Waals surface area contributed by atoms with Crippen molar-refractivity contribution in [2.24, 2.45) is 0 Å². The summed E-state index contributed by atoms with van der Waals surface area (Å²) in [6, 6.07) is 13.6. The van der Waals surface area contributed by atoms with Crippen LogP contribution in [-0.2, 0) is 21.2 Å². The molecule has 4 rings (SSSR count). The van der Waals surface area contributed by atoms with Crippen molar-refractivity contribution in [2.45, 2.75) is 11.3 Å². The molecule has 2 aromatic carbocycles. The fraction of sp³-hybridized carbons (Fsp3) is 0.105. The van der Waals surface area contributed by atoms with Crippen molar-refractivity contribution >= 4 is 59.1 Å². The summed E-state index contributed by atoms with van der Waals surface area (Å²) in [7, 11) is -2.28. The highest BCUT2D eigenvalue weighted by Gasteiger charge is 2.17. The number of ether oxygens (including phenoxy) is 1. The lowest BCUT2D eigenvalue weighted by Crippen LogP contribution is -2.15. The van der Waals surface area contributed by atoms with E-state index in [0.29, 0.717) is 16.6 Å². The largest absolute Gasteiger partial charge is 0.497 e. The highest BCUT2D eigenvalue weighted by Crippen LogP contribution is 2.26. The number of para-hydroxylation sites is 1. The summed E-state index contributed by atoms with van der Waals surface area (Å²) in [4.78, 5) is 21.0. The van der Waals surface area contributed by atoms with E-state index in [4.69, 9.17) is 4.74 Å². The van der Waals surface area contributed by atoms with Crippen LogP contribution in [0.1, 0.15) is 5.69 Å². The van der Waals surface area contributed by atoms with Crippen LogP contribution < -0.4 is 14.8 Å². The summed E-state index contributed by atoms with van der Waals surface area (Å²) >= 11 is 2.50. The first-order valence-electron chi connectivity index (χ1n) is 8.70. The number of carbonyl (C=O) groups excluding carboxylic acids is 1. The Bertz CT molecular complexity index is 1260. The number of amides is 1. The minimum Gasteiger partial charge on any atom is -0.497 e. The SMILES string of the molecule is COc1ccc(S(=O)(=O)Nc2nc(CC(=O)Nc3nc4ccccc4s3)cs2)cc1. The zero-order valence-electron chi connectivity index (χ0n) is 15.7. The molecule has 1 amide bonds. The fourth-order valence-electron chi connectivity index (χ4n) is 2.62. The molecule has 0 spiro atoms. The molecule has 2 aromatic heterocycles. The predicted octanol–water partition coefficient (Wildman–Crippen LogP) is 3.74. The predicted molar refractivity (Wildman–Crippen MR) is 118 cm³/mol. The van der Waals surface area contributed by atoms with Gasteiger partial charge in [0.1, 0.15) is 5.75 Å². The number of nitrogens with one attached hydrogen (secondary N) is 2. The van der Waals surface area contributed by atoms with Gasteiger partial charge in [-0.05, 0) is 36.4 Å². The van der Waals surface area contributed by atoms with Crippen molar-refractivity contribution in [1.29, 1.82) is 0 Å². The molecule has 0 aliphatic rings. The standard InChI is InChI=1S/C19H16N4O4S3/c1-27-13-6-8-14(9-7-13)30(25,26)23-19-20-12(11-28-19)10-17(24)22-18-21-15-4-2-3-5-16(15)29-18/h2-9,11H,10H2,1H3,(H,20,23)(H,21,22,24). The lowest BCUT2D eigenvalue weighted by atomic mass is 10.3. The fourth-order valence-corrected chi connectivity index (χ4v) is 5.46. The van der Waals surface area contributed by atoms with E-state index in [9.17, 15) is 13.2 Å². The Morgan fingerprint density at radius 3 is 2.57 bits per heavy atom. The van der Waals surface area contributed by atoms with E-state index in [2.05, 4.69) is 20.0 Å². The number of sulfonamides is 1. The Morgan fingerprint density at radius 1 is 1.07 bits per heavy atom. The van der Waals surface area contributed by atoms with Crippen LogP contribution in [-0.4, -0.2) is 31.4 Å². The minimum absolute atomic E-state index is 0.0106. The Labute approximate surface area is 180 Å². The van der Waals surface area contributed by atoms with Gasteiger partial charge in [-0.1, -0.05) is 23.5 Å². The molecule has 2 N–H and O–H groups in total. The van der Waals surface area contributed by atoms with Crippen molar-refractivity contribution in [2.75, 3.05) is 17.1 Å². The van der Waals surface area contributed by atoms with Gasteiger partial charge in [0.15, 0.2) is 10.3 Å². The van der Waals surface area contributed by atoms with Gasteiger partial charge < -0.3 is 10.1 Å². The molecule has 0 bridgehead atoms. The molecule has 11 heteroatoms. The lowest BCUT2D eigenvalue weighted by Gasteiger charge is -2.06. The molecule has 0 saturated carbocycles. The van der Waals surface area contributed by atoms with Crippen LogP contribution in [0, 0.1) is 0 Å². The number of hydrogen-bond acceptors (Lipinski definition) is 8. The molecule has 0 fully saturated rings. The second kappa shape index (κ2) is 8.38. The summed E-state index contributed by atoms with van der Waals surface area (Å²) in [6.45, 7) is 0. The molecule has 30 heavy (non-hydrogen) atoms. The smallest absolute Gasteiger partial charge is 0.263 e. The Hall–Kier alpha value is -3.02. The van der Waals surface area contributed by atoms with Crippen molar-refractivity contribution in [3.63, 3.8) is 0 Å². The minimum atomic E-state index is -3.78. The molecule has 4 aromatic rings. The van der Waals surface area contributed by atoms with E-state index in [-0.39, 0.29) is 22.4 Å². The van der Waals surface area contributed by atoms with Gasteiger partial charge in [0.25, 0.3) is 10.0 Å². The third-order valence-electron chi connectivity index (χ3n) is 4.03. The number of methoxy groups -OCH3 is 1. The van der Waals surface area contributed by atoms with Gasteiger partial charge in [-0.15, -0.1) is 11.3 Å². The average molecular weight is 461 g/mol. The van der Waals surface area contributed by atoms with Gasteiger partial charge in [0.05, 0.1) is 34.3 Å². The first kappa shape index (κ1) is 20.3. The molecule has 2 heterocycles. The maximum Gasteiger partial charge on any atom is 0.263 e. The maximum absolute atomic E-state index is 12.5. The number of aromatic nitrogens is 2. The number of nitrogens with zero attached hydrogens (tertiary/aromatic N) is 2. The topological polar surface area (TPSA) is 110 Å². The van der Waals surface area contributed by atoms with Crippen molar-refractivity contribution in [3.05, 3.63) is 59.6 Å². The summed E-state index contributed by atoms with van der Waals surface area (Å²) in [6.07, 6.45) is 0.0106. The highest BCUT2D eigenvalue weighted by atomic mass is 32.2. The molecule has 154 valence electrons. The van der Waals surface area contributed by atoms with E-state index >= 15 is 0 Å². The molecule has 0 unspecified atom stereocenters. The van der Waals surface area contributed by atoms with E-state index < -0.39 is 10.0 Å². The number of anilines is 2. The molecule has 0 aliphatic heterocycles. The van der Waals surface area contributed by atoms with Crippen LogP contribution in [0.5, 0.6) is 5.75 Å². The van der Waals surface area contributed by atoms with Gasteiger partial charge in [-0.2, -0.15) is 0 Å². The number of hydrogen-bond donors (Lipinski definition) is 2. The molecule has 0 aliphatic carbocycles. The monoisotopic (exact) mass is 460 g/mol. The first-order valence-corrected chi connectivity index (χ1v) is 11.9. The van der Waals surface area contributed by atoms with Gasteiger partial charge in [0.2, 0.25) is 5.91 Å². The van der Waals surface area contributed by atoms with Crippen LogP contribution in [0.4, 0.5) is 10.3 Å². The third kappa shape index (κ3) is 4.58. The number of thiazole rings is 2. The molecule has 0 radical (unpaired) electrons. The second-order valence-corrected chi connectivity index (χ2v) is 9.71. The van der Waals surface area contributed by atoms with Crippen LogP contribution in [0.3, 0.4) is 0 Å². The number of carbonyl (C=O) groups is 1.